The number of pyridine rings is 1. The van der Waals surface area contributed by atoms with Gasteiger partial charge in [0, 0.05) is 32.3 Å². The number of anilines is 1. The van der Waals surface area contributed by atoms with Gasteiger partial charge in [-0.25, -0.2) is 18.1 Å². The van der Waals surface area contributed by atoms with E-state index in [4.69, 9.17) is 4.52 Å². The van der Waals surface area contributed by atoms with Gasteiger partial charge in [0.1, 0.15) is 5.82 Å². The molecule has 0 radical (unpaired) electrons. The molecule has 0 fully saturated rings. The maximum Gasteiger partial charge on any atom is 0.240 e. The van der Waals surface area contributed by atoms with Crippen molar-refractivity contribution in [1.82, 2.24) is 19.8 Å². The van der Waals surface area contributed by atoms with Crippen LogP contribution in [0, 0.1) is 0 Å². The monoisotopic (exact) mass is 283 g/mol. The van der Waals surface area contributed by atoms with Crippen molar-refractivity contribution in [1.29, 1.82) is 0 Å². The standard InChI is InChI=1S/C10H13N5O3S/c1-11-9-6-8(2-4-12-9)19(16,17)15-5-3-10-13-7-14-18-10/h2,4,6-7,15H,3,5H2,1H3,(H,11,12). The van der Waals surface area contributed by atoms with E-state index >= 15 is 0 Å². The van der Waals surface area contributed by atoms with Gasteiger partial charge in [-0.3, -0.25) is 0 Å². The smallest absolute Gasteiger partial charge is 0.240 e. The molecule has 0 saturated heterocycles. The Morgan fingerprint density at radius 2 is 2.21 bits per heavy atom. The highest BCUT2D eigenvalue weighted by Crippen LogP contribution is 2.11. The largest absolute Gasteiger partial charge is 0.373 e. The van der Waals surface area contributed by atoms with E-state index in [9.17, 15) is 8.42 Å². The zero-order valence-electron chi connectivity index (χ0n) is 10.2. The van der Waals surface area contributed by atoms with Crippen LogP contribution in [0.15, 0.2) is 34.1 Å². The minimum Gasteiger partial charge on any atom is -0.373 e. The second-order valence-corrected chi connectivity index (χ2v) is 5.38. The first-order valence-electron chi connectivity index (χ1n) is 5.51. The second-order valence-electron chi connectivity index (χ2n) is 3.61. The lowest BCUT2D eigenvalue weighted by molar-refractivity contribution is 0.377. The van der Waals surface area contributed by atoms with Crippen molar-refractivity contribution < 1.29 is 12.9 Å². The molecule has 0 spiro atoms. The Morgan fingerprint density at radius 3 is 2.89 bits per heavy atom. The molecule has 8 nitrogen and oxygen atoms in total. The Hall–Kier alpha value is -2.00. The molecule has 2 rings (SSSR count). The molecule has 0 aliphatic heterocycles. The number of hydrogen-bond donors (Lipinski definition) is 2. The van der Waals surface area contributed by atoms with Crippen LogP contribution in [-0.2, 0) is 16.4 Å². The summed E-state index contributed by atoms with van der Waals surface area (Å²) in [6, 6.07) is 2.88. The Kier molecular flexibility index (Phi) is 4.07. The van der Waals surface area contributed by atoms with Gasteiger partial charge in [-0.2, -0.15) is 4.98 Å². The van der Waals surface area contributed by atoms with Gasteiger partial charge < -0.3 is 9.84 Å². The highest BCUT2D eigenvalue weighted by molar-refractivity contribution is 7.89. The van der Waals surface area contributed by atoms with E-state index in [0.29, 0.717) is 18.1 Å². The van der Waals surface area contributed by atoms with E-state index in [0.717, 1.165) is 0 Å². The fraction of sp³-hybridized carbons (Fsp3) is 0.300. The predicted molar refractivity (Wildman–Crippen MR) is 67.0 cm³/mol. The maximum absolute atomic E-state index is 12.0. The van der Waals surface area contributed by atoms with Gasteiger partial charge in [-0.05, 0) is 6.07 Å². The number of aromatic nitrogens is 3. The molecular weight excluding hydrogens is 270 g/mol. The van der Waals surface area contributed by atoms with Gasteiger partial charge >= 0.3 is 0 Å². The van der Waals surface area contributed by atoms with Gasteiger partial charge in [0.25, 0.3) is 0 Å². The summed E-state index contributed by atoms with van der Waals surface area (Å²) < 4.78 is 31.2. The third-order valence-electron chi connectivity index (χ3n) is 2.34. The SMILES string of the molecule is CNc1cc(S(=O)(=O)NCCc2ncno2)ccn1. The summed E-state index contributed by atoms with van der Waals surface area (Å²) in [4.78, 5) is 7.91. The lowest BCUT2D eigenvalue weighted by Gasteiger charge is -2.06. The topological polar surface area (TPSA) is 110 Å². The van der Waals surface area contributed by atoms with Crippen molar-refractivity contribution in [2.45, 2.75) is 11.3 Å². The molecule has 2 aromatic rings. The van der Waals surface area contributed by atoms with Crippen molar-refractivity contribution in [3.8, 4) is 0 Å². The maximum atomic E-state index is 12.0. The molecule has 0 saturated carbocycles. The molecule has 9 heteroatoms. The molecule has 102 valence electrons. The summed E-state index contributed by atoms with van der Waals surface area (Å²) >= 11 is 0. The van der Waals surface area contributed by atoms with Crippen molar-refractivity contribution in [2.75, 3.05) is 18.9 Å². The number of sulfonamides is 1. The van der Waals surface area contributed by atoms with Crippen molar-refractivity contribution in [3.05, 3.63) is 30.5 Å². The molecule has 0 aromatic carbocycles. The normalized spacial score (nSPS) is 11.4. The first-order chi connectivity index (χ1) is 9.12. The highest BCUT2D eigenvalue weighted by Gasteiger charge is 2.14. The van der Waals surface area contributed by atoms with E-state index in [1.807, 2.05) is 0 Å². The Bertz CT molecular complexity index is 626. The molecule has 0 bridgehead atoms. The van der Waals surface area contributed by atoms with Crippen molar-refractivity contribution in [3.63, 3.8) is 0 Å². The summed E-state index contributed by atoms with van der Waals surface area (Å²) in [5.41, 5.74) is 0. The molecule has 0 atom stereocenters. The van der Waals surface area contributed by atoms with Crippen LogP contribution >= 0.6 is 0 Å². The van der Waals surface area contributed by atoms with E-state index in [-0.39, 0.29) is 11.4 Å². The van der Waals surface area contributed by atoms with Crippen LogP contribution in [0.2, 0.25) is 0 Å². The predicted octanol–water partition coefficient (Wildman–Crippen LogP) is 0.0273. The molecule has 2 heterocycles. The van der Waals surface area contributed by atoms with Crippen molar-refractivity contribution >= 4 is 15.8 Å². The average molecular weight is 283 g/mol. The zero-order valence-corrected chi connectivity index (χ0v) is 11.0. The molecule has 2 aromatic heterocycles. The summed E-state index contributed by atoms with van der Waals surface area (Å²) in [6.07, 6.45) is 3.04. The lowest BCUT2D eigenvalue weighted by Crippen LogP contribution is -2.26. The van der Waals surface area contributed by atoms with Gasteiger partial charge in [-0.1, -0.05) is 5.16 Å². The van der Waals surface area contributed by atoms with Crippen LogP contribution in [0.25, 0.3) is 0 Å². The molecule has 0 aliphatic carbocycles. The molecule has 0 unspecified atom stereocenters. The van der Waals surface area contributed by atoms with Crippen LogP contribution in [0.3, 0.4) is 0 Å². The van der Waals surface area contributed by atoms with Gasteiger partial charge in [0.05, 0.1) is 4.90 Å². The average Bonchev–Trinajstić information content (AvgIpc) is 2.92. The van der Waals surface area contributed by atoms with Crippen LogP contribution < -0.4 is 10.0 Å². The summed E-state index contributed by atoms with van der Waals surface area (Å²) in [5, 5.41) is 6.22. The van der Waals surface area contributed by atoms with E-state index < -0.39 is 10.0 Å². The van der Waals surface area contributed by atoms with Crippen LogP contribution in [-0.4, -0.2) is 37.1 Å². The third kappa shape index (κ3) is 3.48. The highest BCUT2D eigenvalue weighted by atomic mass is 32.2. The third-order valence-corrected chi connectivity index (χ3v) is 3.79. The van der Waals surface area contributed by atoms with E-state index in [1.165, 1.54) is 24.7 Å². The van der Waals surface area contributed by atoms with Gasteiger partial charge in [0.2, 0.25) is 15.9 Å². The van der Waals surface area contributed by atoms with E-state index in [2.05, 4.69) is 25.2 Å². The fourth-order valence-corrected chi connectivity index (χ4v) is 2.44. The quantitative estimate of drug-likeness (QED) is 0.769. The van der Waals surface area contributed by atoms with Crippen molar-refractivity contribution in [2.24, 2.45) is 0 Å². The van der Waals surface area contributed by atoms with Crippen LogP contribution in [0.1, 0.15) is 5.89 Å². The van der Waals surface area contributed by atoms with Crippen LogP contribution in [0.5, 0.6) is 0 Å². The number of nitrogens with zero attached hydrogens (tertiary/aromatic N) is 3. The first-order valence-corrected chi connectivity index (χ1v) is 6.99. The zero-order chi connectivity index (χ0) is 13.7. The fourth-order valence-electron chi connectivity index (χ4n) is 1.40. The molecule has 2 N–H and O–H groups in total. The Morgan fingerprint density at radius 1 is 1.37 bits per heavy atom. The molecule has 19 heavy (non-hydrogen) atoms. The first kappa shape index (κ1) is 13.4. The summed E-state index contributed by atoms with van der Waals surface area (Å²) in [5.74, 6) is 0.869. The molecule has 0 aliphatic rings. The number of rotatable bonds is 6. The van der Waals surface area contributed by atoms with Crippen LogP contribution in [0.4, 0.5) is 5.82 Å². The van der Waals surface area contributed by atoms with E-state index in [1.54, 1.807) is 7.05 Å². The summed E-state index contributed by atoms with van der Waals surface area (Å²) in [7, 11) is -1.90. The summed E-state index contributed by atoms with van der Waals surface area (Å²) in [6.45, 7) is 0.182. The molecular formula is C10H13N5O3S. The minimum atomic E-state index is -3.57. The number of hydrogen-bond acceptors (Lipinski definition) is 7. The Labute approximate surface area is 110 Å². The Balaban J connectivity index is 2.01. The second kappa shape index (κ2) is 5.76. The lowest BCUT2D eigenvalue weighted by atomic mass is 10.4. The molecule has 0 amide bonds. The van der Waals surface area contributed by atoms with Gasteiger partial charge in [0.15, 0.2) is 6.33 Å². The van der Waals surface area contributed by atoms with Gasteiger partial charge in [-0.15, -0.1) is 0 Å². The minimum absolute atomic E-state index is 0.150. The number of nitrogens with one attached hydrogen (secondary N) is 2.